The molecule has 0 saturated heterocycles. The second-order valence-corrected chi connectivity index (χ2v) is 3.52. The van der Waals surface area contributed by atoms with Crippen LogP contribution in [0, 0.1) is 6.92 Å². The van der Waals surface area contributed by atoms with Crippen molar-refractivity contribution in [2.24, 2.45) is 0 Å². The Morgan fingerprint density at radius 1 is 1.36 bits per heavy atom. The number of rotatable bonds is 3. The van der Waals surface area contributed by atoms with Gasteiger partial charge in [0.05, 0.1) is 12.0 Å². The van der Waals surface area contributed by atoms with Crippen LogP contribution in [0.2, 0.25) is 0 Å². The number of aliphatic hydroxyl groups is 2. The number of aryl methyl sites for hydroxylation is 1. The lowest BCUT2D eigenvalue weighted by Crippen LogP contribution is -2.19. The van der Waals surface area contributed by atoms with Crippen LogP contribution in [-0.2, 0) is 0 Å². The minimum atomic E-state index is -1.06. The van der Waals surface area contributed by atoms with E-state index in [2.05, 4.69) is 0 Å². The van der Waals surface area contributed by atoms with Gasteiger partial charge in [0.15, 0.2) is 0 Å². The lowest BCUT2D eigenvalue weighted by molar-refractivity contribution is 0.0326. The van der Waals surface area contributed by atoms with Gasteiger partial charge in [0.25, 0.3) is 0 Å². The highest BCUT2D eigenvalue weighted by atomic mass is 35.5. The SMILES string of the molecule is Cc1ccc(C(O)C(O)CCl)cc1O. The van der Waals surface area contributed by atoms with E-state index in [0.717, 1.165) is 5.56 Å². The second-order valence-electron chi connectivity index (χ2n) is 3.21. The number of hydrogen-bond acceptors (Lipinski definition) is 3. The first kappa shape index (κ1) is 11.3. The topological polar surface area (TPSA) is 60.7 Å². The molecular weight excluding hydrogens is 204 g/mol. The summed E-state index contributed by atoms with van der Waals surface area (Å²) in [7, 11) is 0. The molecular formula is C10H13ClO3. The number of phenols is 1. The van der Waals surface area contributed by atoms with Gasteiger partial charge in [-0.25, -0.2) is 0 Å². The Morgan fingerprint density at radius 2 is 2.00 bits per heavy atom. The van der Waals surface area contributed by atoms with Gasteiger partial charge in [0.2, 0.25) is 0 Å². The molecule has 14 heavy (non-hydrogen) atoms. The van der Waals surface area contributed by atoms with Crippen molar-refractivity contribution in [3.63, 3.8) is 0 Å². The Balaban J connectivity index is 2.91. The van der Waals surface area contributed by atoms with Crippen molar-refractivity contribution in [2.45, 2.75) is 19.1 Å². The second kappa shape index (κ2) is 4.64. The van der Waals surface area contributed by atoms with Crippen LogP contribution in [0.5, 0.6) is 5.75 Å². The van der Waals surface area contributed by atoms with E-state index in [1.54, 1.807) is 19.1 Å². The van der Waals surface area contributed by atoms with E-state index < -0.39 is 12.2 Å². The monoisotopic (exact) mass is 216 g/mol. The van der Waals surface area contributed by atoms with Crippen molar-refractivity contribution >= 4 is 11.6 Å². The van der Waals surface area contributed by atoms with Gasteiger partial charge < -0.3 is 15.3 Å². The third-order valence-corrected chi connectivity index (χ3v) is 2.41. The molecule has 0 radical (unpaired) electrons. The molecule has 78 valence electrons. The number of benzene rings is 1. The molecule has 0 spiro atoms. The van der Waals surface area contributed by atoms with Crippen LogP contribution in [0.4, 0.5) is 0 Å². The molecule has 0 heterocycles. The minimum absolute atomic E-state index is 0.0458. The van der Waals surface area contributed by atoms with Gasteiger partial charge in [-0.1, -0.05) is 12.1 Å². The van der Waals surface area contributed by atoms with Crippen LogP contribution in [0.1, 0.15) is 17.2 Å². The maximum absolute atomic E-state index is 9.56. The molecule has 0 aliphatic carbocycles. The number of aliphatic hydroxyl groups excluding tert-OH is 2. The maximum atomic E-state index is 9.56. The Morgan fingerprint density at radius 3 is 2.50 bits per heavy atom. The Labute approximate surface area is 87.6 Å². The molecule has 2 atom stereocenters. The number of aromatic hydroxyl groups is 1. The molecule has 0 bridgehead atoms. The first-order chi connectivity index (χ1) is 6.56. The largest absolute Gasteiger partial charge is 0.508 e. The van der Waals surface area contributed by atoms with E-state index in [0.29, 0.717) is 5.56 Å². The molecule has 1 aromatic carbocycles. The van der Waals surface area contributed by atoms with Crippen LogP contribution in [-0.4, -0.2) is 27.3 Å². The molecule has 2 unspecified atom stereocenters. The van der Waals surface area contributed by atoms with E-state index in [1.807, 2.05) is 0 Å². The molecule has 0 aliphatic heterocycles. The summed E-state index contributed by atoms with van der Waals surface area (Å²) in [5.41, 5.74) is 1.18. The zero-order valence-corrected chi connectivity index (χ0v) is 8.57. The fraction of sp³-hybridized carbons (Fsp3) is 0.400. The summed E-state index contributed by atoms with van der Waals surface area (Å²) < 4.78 is 0. The Kier molecular flexibility index (Phi) is 3.75. The molecule has 0 aromatic heterocycles. The van der Waals surface area contributed by atoms with E-state index in [1.165, 1.54) is 6.07 Å². The summed E-state index contributed by atoms with van der Waals surface area (Å²) in [6.07, 6.45) is -2.07. The van der Waals surface area contributed by atoms with Gasteiger partial charge in [-0.15, -0.1) is 11.6 Å². The highest BCUT2D eigenvalue weighted by Gasteiger charge is 2.17. The van der Waals surface area contributed by atoms with Crippen LogP contribution in [0.25, 0.3) is 0 Å². The zero-order chi connectivity index (χ0) is 10.7. The number of phenolic OH excluding ortho intramolecular Hbond substituents is 1. The average molecular weight is 217 g/mol. The van der Waals surface area contributed by atoms with Gasteiger partial charge in [-0.05, 0) is 24.1 Å². The highest BCUT2D eigenvalue weighted by molar-refractivity contribution is 6.18. The molecule has 0 saturated carbocycles. The van der Waals surface area contributed by atoms with E-state index >= 15 is 0 Å². The van der Waals surface area contributed by atoms with Crippen LogP contribution >= 0.6 is 11.6 Å². The van der Waals surface area contributed by atoms with Gasteiger partial charge in [-0.2, -0.15) is 0 Å². The smallest absolute Gasteiger partial charge is 0.118 e. The lowest BCUT2D eigenvalue weighted by atomic mass is 10.0. The third-order valence-electron chi connectivity index (χ3n) is 2.10. The van der Waals surface area contributed by atoms with E-state index in [9.17, 15) is 15.3 Å². The Hall–Kier alpha value is -0.770. The van der Waals surface area contributed by atoms with Crippen molar-refractivity contribution in [1.29, 1.82) is 0 Å². The molecule has 4 heteroatoms. The fourth-order valence-electron chi connectivity index (χ4n) is 1.12. The van der Waals surface area contributed by atoms with Crippen LogP contribution in [0.3, 0.4) is 0 Å². The van der Waals surface area contributed by atoms with Gasteiger partial charge >= 0.3 is 0 Å². The van der Waals surface area contributed by atoms with E-state index in [4.69, 9.17) is 11.6 Å². The summed E-state index contributed by atoms with van der Waals surface area (Å²) >= 11 is 5.40. The van der Waals surface area contributed by atoms with Gasteiger partial charge in [0.1, 0.15) is 11.9 Å². The number of alkyl halides is 1. The minimum Gasteiger partial charge on any atom is -0.508 e. The summed E-state index contributed by atoms with van der Waals surface area (Å²) in [5.74, 6) is 0.0545. The maximum Gasteiger partial charge on any atom is 0.118 e. The predicted octanol–water partition coefficient (Wildman–Crippen LogP) is 1.33. The normalized spacial score (nSPS) is 15.1. The quantitative estimate of drug-likeness (QED) is 0.669. The van der Waals surface area contributed by atoms with Gasteiger partial charge in [-0.3, -0.25) is 0 Å². The Bertz CT molecular complexity index is 314. The molecule has 3 nitrogen and oxygen atoms in total. The standard InChI is InChI=1S/C10H13ClO3/c1-6-2-3-7(4-8(6)12)10(14)9(13)5-11/h2-4,9-10,12-14H,5H2,1H3. The van der Waals surface area contributed by atoms with Crippen molar-refractivity contribution in [3.05, 3.63) is 29.3 Å². The van der Waals surface area contributed by atoms with Crippen molar-refractivity contribution in [3.8, 4) is 5.75 Å². The van der Waals surface area contributed by atoms with Gasteiger partial charge in [0, 0.05) is 0 Å². The predicted molar refractivity (Wildman–Crippen MR) is 54.5 cm³/mol. The lowest BCUT2D eigenvalue weighted by Gasteiger charge is -2.16. The molecule has 3 N–H and O–H groups in total. The van der Waals surface area contributed by atoms with Crippen LogP contribution < -0.4 is 0 Å². The molecule has 0 amide bonds. The first-order valence-electron chi connectivity index (χ1n) is 4.28. The summed E-state index contributed by atoms with van der Waals surface area (Å²) in [4.78, 5) is 0. The molecule has 1 aromatic rings. The van der Waals surface area contributed by atoms with Crippen LogP contribution in [0.15, 0.2) is 18.2 Å². The summed E-state index contributed by atoms with van der Waals surface area (Å²) in [6, 6.07) is 4.75. The summed E-state index contributed by atoms with van der Waals surface area (Å²) in [6.45, 7) is 1.75. The third kappa shape index (κ3) is 2.38. The molecule has 0 aliphatic rings. The van der Waals surface area contributed by atoms with E-state index in [-0.39, 0.29) is 11.6 Å². The van der Waals surface area contributed by atoms with Crippen molar-refractivity contribution < 1.29 is 15.3 Å². The zero-order valence-electron chi connectivity index (χ0n) is 7.81. The number of halogens is 1. The molecule has 1 rings (SSSR count). The average Bonchev–Trinajstić information content (AvgIpc) is 2.20. The summed E-state index contributed by atoms with van der Waals surface area (Å²) in [5, 5.41) is 28.2. The fourth-order valence-corrected chi connectivity index (χ4v) is 1.29. The highest BCUT2D eigenvalue weighted by Crippen LogP contribution is 2.24. The van der Waals surface area contributed by atoms with Crippen molar-refractivity contribution in [1.82, 2.24) is 0 Å². The number of hydrogen-bond donors (Lipinski definition) is 3. The molecule has 0 fully saturated rings. The van der Waals surface area contributed by atoms with Crippen molar-refractivity contribution in [2.75, 3.05) is 5.88 Å². The first-order valence-corrected chi connectivity index (χ1v) is 4.81.